The van der Waals surface area contributed by atoms with Crippen molar-refractivity contribution in [3.05, 3.63) is 65.5 Å². The molecule has 1 amide bonds. The topological polar surface area (TPSA) is 94.3 Å². The van der Waals surface area contributed by atoms with Crippen LogP contribution in [0.25, 0.3) is 5.69 Å². The van der Waals surface area contributed by atoms with Gasteiger partial charge in [-0.05, 0) is 66.1 Å². The summed E-state index contributed by atoms with van der Waals surface area (Å²) in [5.74, 6) is 0.379. The summed E-state index contributed by atoms with van der Waals surface area (Å²) >= 11 is 0. The lowest BCUT2D eigenvalue weighted by molar-refractivity contribution is -0.123. The third-order valence-electron chi connectivity index (χ3n) is 4.16. The highest BCUT2D eigenvalue weighted by molar-refractivity contribution is 5.99. The van der Waals surface area contributed by atoms with E-state index in [1.54, 1.807) is 4.68 Å². The molecule has 0 fully saturated rings. The third-order valence-corrected chi connectivity index (χ3v) is 4.16. The van der Waals surface area contributed by atoms with Gasteiger partial charge in [-0.15, -0.1) is 5.10 Å². The monoisotopic (exact) mass is 364 g/mol. The molecule has 0 spiro atoms. The van der Waals surface area contributed by atoms with E-state index in [-0.39, 0.29) is 12.5 Å². The zero-order chi connectivity index (χ0) is 19.2. The van der Waals surface area contributed by atoms with Crippen molar-refractivity contribution in [3.63, 3.8) is 0 Å². The first-order chi connectivity index (χ1) is 13.0. The molecule has 3 rings (SSSR count). The first kappa shape index (κ1) is 18.2. The van der Waals surface area contributed by atoms with E-state index in [9.17, 15) is 4.79 Å². The van der Waals surface area contributed by atoms with Gasteiger partial charge in [0, 0.05) is 0 Å². The minimum absolute atomic E-state index is 0.0979. The van der Waals surface area contributed by atoms with E-state index in [0.29, 0.717) is 11.5 Å². The molecule has 0 saturated heterocycles. The highest BCUT2D eigenvalue weighted by Gasteiger charge is 2.06. The standard InChI is InChI=1S/C19H20N6O2/c1-13-5-4-6-18(14(13)2)27-11-19(26)22-21-15(3)16-7-9-17(10-8-16)25-12-20-23-24-25/h4-10,12H,11H2,1-3H3,(H,22,26)/b21-15+. The number of nitrogens with one attached hydrogen (secondary N) is 1. The van der Waals surface area contributed by atoms with Crippen LogP contribution < -0.4 is 10.2 Å². The molecular formula is C19H20N6O2. The number of benzene rings is 2. The van der Waals surface area contributed by atoms with Crippen molar-refractivity contribution in [3.8, 4) is 11.4 Å². The second kappa shape index (κ2) is 8.22. The molecule has 3 aromatic rings. The van der Waals surface area contributed by atoms with Crippen LogP contribution >= 0.6 is 0 Å². The third kappa shape index (κ3) is 4.55. The summed E-state index contributed by atoms with van der Waals surface area (Å²) in [5.41, 5.74) is 7.04. The molecule has 0 aliphatic heterocycles. The number of ether oxygens (including phenoxy) is 1. The van der Waals surface area contributed by atoms with Crippen LogP contribution in [-0.4, -0.2) is 38.4 Å². The molecular weight excluding hydrogens is 344 g/mol. The molecule has 138 valence electrons. The number of carbonyl (C=O) groups excluding carboxylic acids is 1. The van der Waals surface area contributed by atoms with Crippen LogP contribution in [0.3, 0.4) is 0 Å². The van der Waals surface area contributed by atoms with Crippen molar-refractivity contribution in [2.45, 2.75) is 20.8 Å². The molecule has 27 heavy (non-hydrogen) atoms. The van der Waals surface area contributed by atoms with Gasteiger partial charge < -0.3 is 4.74 Å². The number of amides is 1. The minimum atomic E-state index is -0.319. The Morgan fingerprint density at radius 2 is 1.96 bits per heavy atom. The maximum Gasteiger partial charge on any atom is 0.277 e. The molecule has 0 saturated carbocycles. The zero-order valence-corrected chi connectivity index (χ0v) is 15.4. The average molecular weight is 364 g/mol. The normalized spacial score (nSPS) is 11.3. The van der Waals surface area contributed by atoms with Crippen LogP contribution in [0.5, 0.6) is 5.75 Å². The molecule has 8 heteroatoms. The summed E-state index contributed by atoms with van der Waals surface area (Å²) in [6.07, 6.45) is 1.52. The van der Waals surface area contributed by atoms with Crippen molar-refractivity contribution >= 4 is 11.6 Å². The lowest BCUT2D eigenvalue weighted by Gasteiger charge is -2.10. The van der Waals surface area contributed by atoms with E-state index in [1.807, 2.05) is 63.2 Å². The van der Waals surface area contributed by atoms with Gasteiger partial charge >= 0.3 is 0 Å². The summed E-state index contributed by atoms with van der Waals surface area (Å²) in [6.45, 7) is 5.68. The van der Waals surface area contributed by atoms with Crippen LogP contribution in [0.1, 0.15) is 23.6 Å². The number of aromatic nitrogens is 4. The number of nitrogens with zero attached hydrogens (tertiary/aromatic N) is 5. The van der Waals surface area contributed by atoms with Crippen LogP contribution in [0.15, 0.2) is 53.9 Å². The quantitative estimate of drug-likeness (QED) is 0.534. The Labute approximate surface area is 156 Å². The molecule has 8 nitrogen and oxygen atoms in total. The molecule has 1 heterocycles. The van der Waals surface area contributed by atoms with Gasteiger partial charge in [-0.1, -0.05) is 24.3 Å². The summed E-state index contributed by atoms with van der Waals surface area (Å²) in [6, 6.07) is 13.3. The first-order valence-electron chi connectivity index (χ1n) is 8.40. The van der Waals surface area contributed by atoms with Gasteiger partial charge in [0.1, 0.15) is 12.1 Å². The van der Waals surface area contributed by atoms with E-state index in [2.05, 4.69) is 26.1 Å². The summed E-state index contributed by atoms with van der Waals surface area (Å²) < 4.78 is 7.13. The van der Waals surface area contributed by atoms with E-state index in [4.69, 9.17) is 4.74 Å². The molecule has 0 atom stereocenters. The fraction of sp³-hybridized carbons (Fsp3) is 0.211. The fourth-order valence-electron chi connectivity index (χ4n) is 2.40. The smallest absolute Gasteiger partial charge is 0.277 e. The number of tetrazole rings is 1. The Balaban J connectivity index is 1.56. The van der Waals surface area contributed by atoms with Gasteiger partial charge in [0.05, 0.1) is 11.4 Å². The predicted molar refractivity (Wildman–Crippen MR) is 101 cm³/mol. The van der Waals surface area contributed by atoms with Crippen LogP contribution in [0, 0.1) is 13.8 Å². The van der Waals surface area contributed by atoms with Crippen molar-refractivity contribution in [1.82, 2.24) is 25.6 Å². The minimum Gasteiger partial charge on any atom is -0.483 e. The molecule has 0 aliphatic rings. The van der Waals surface area contributed by atoms with E-state index in [0.717, 1.165) is 22.4 Å². The van der Waals surface area contributed by atoms with E-state index < -0.39 is 0 Å². The van der Waals surface area contributed by atoms with Crippen molar-refractivity contribution in [1.29, 1.82) is 0 Å². The molecule has 0 unspecified atom stereocenters. The molecule has 0 aliphatic carbocycles. The number of hydrazone groups is 1. The summed E-state index contributed by atoms with van der Waals surface area (Å²) in [7, 11) is 0. The highest BCUT2D eigenvalue weighted by atomic mass is 16.5. The summed E-state index contributed by atoms with van der Waals surface area (Å²) in [4.78, 5) is 12.0. The zero-order valence-electron chi connectivity index (χ0n) is 15.4. The largest absolute Gasteiger partial charge is 0.483 e. The SMILES string of the molecule is C/C(=N\NC(=O)COc1cccc(C)c1C)c1ccc(-n2cnnn2)cc1. The number of hydrogen-bond acceptors (Lipinski definition) is 6. The number of rotatable bonds is 6. The summed E-state index contributed by atoms with van der Waals surface area (Å²) in [5, 5.41) is 15.2. The molecule has 2 aromatic carbocycles. The average Bonchev–Trinajstić information content (AvgIpc) is 3.22. The molecule has 1 N–H and O–H groups in total. The van der Waals surface area contributed by atoms with E-state index >= 15 is 0 Å². The number of carbonyl (C=O) groups is 1. The van der Waals surface area contributed by atoms with Crippen molar-refractivity contribution in [2.75, 3.05) is 6.61 Å². The van der Waals surface area contributed by atoms with Crippen LogP contribution in [0.2, 0.25) is 0 Å². The maximum atomic E-state index is 12.0. The Kier molecular flexibility index (Phi) is 5.55. The Morgan fingerprint density at radius 3 is 2.67 bits per heavy atom. The van der Waals surface area contributed by atoms with Gasteiger partial charge in [0.25, 0.3) is 5.91 Å². The Bertz CT molecular complexity index is 949. The molecule has 0 bridgehead atoms. The van der Waals surface area contributed by atoms with Gasteiger partial charge in [-0.2, -0.15) is 5.10 Å². The fourth-order valence-corrected chi connectivity index (χ4v) is 2.40. The van der Waals surface area contributed by atoms with Gasteiger partial charge in [0.2, 0.25) is 0 Å². The highest BCUT2D eigenvalue weighted by Crippen LogP contribution is 2.20. The van der Waals surface area contributed by atoms with Crippen LogP contribution in [-0.2, 0) is 4.79 Å². The Morgan fingerprint density at radius 1 is 1.19 bits per heavy atom. The lowest BCUT2D eigenvalue weighted by atomic mass is 10.1. The second-order valence-electron chi connectivity index (χ2n) is 6.02. The maximum absolute atomic E-state index is 12.0. The molecule has 0 radical (unpaired) electrons. The lowest BCUT2D eigenvalue weighted by Crippen LogP contribution is -2.25. The van der Waals surface area contributed by atoms with Gasteiger partial charge in [-0.3, -0.25) is 4.79 Å². The second-order valence-corrected chi connectivity index (χ2v) is 6.02. The Hall–Kier alpha value is -3.55. The van der Waals surface area contributed by atoms with Crippen molar-refractivity contribution < 1.29 is 9.53 Å². The first-order valence-corrected chi connectivity index (χ1v) is 8.40. The number of aryl methyl sites for hydroxylation is 1. The van der Waals surface area contributed by atoms with Gasteiger partial charge in [-0.25, -0.2) is 10.1 Å². The van der Waals surface area contributed by atoms with Crippen molar-refractivity contribution in [2.24, 2.45) is 5.10 Å². The number of hydrogen-bond donors (Lipinski definition) is 1. The molecule has 1 aromatic heterocycles. The predicted octanol–water partition coefficient (Wildman–Crippen LogP) is 2.20. The van der Waals surface area contributed by atoms with Gasteiger partial charge in [0.15, 0.2) is 6.61 Å². The van der Waals surface area contributed by atoms with Crippen LogP contribution in [0.4, 0.5) is 0 Å². The van der Waals surface area contributed by atoms with E-state index in [1.165, 1.54) is 6.33 Å².